The predicted molar refractivity (Wildman–Crippen MR) is 110 cm³/mol. The van der Waals surface area contributed by atoms with Gasteiger partial charge in [-0.1, -0.05) is 24.6 Å². The van der Waals surface area contributed by atoms with Crippen molar-refractivity contribution in [2.24, 2.45) is 0 Å². The van der Waals surface area contributed by atoms with Crippen LogP contribution < -0.4 is 5.32 Å². The average molecular weight is 460 g/mol. The van der Waals surface area contributed by atoms with Gasteiger partial charge in [0.1, 0.15) is 5.56 Å². The molecule has 1 heterocycles. The van der Waals surface area contributed by atoms with Crippen molar-refractivity contribution in [2.75, 3.05) is 11.9 Å². The van der Waals surface area contributed by atoms with Gasteiger partial charge in [-0.3, -0.25) is 29.4 Å². The number of fused-ring (bicyclic) bond motifs is 1. The Labute approximate surface area is 175 Å². The minimum Gasteiger partial charge on any atom is -0.325 e. The molecule has 0 atom stereocenters. The van der Waals surface area contributed by atoms with Crippen LogP contribution in [-0.4, -0.2) is 34.1 Å². The van der Waals surface area contributed by atoms with Crippen LogP contribution in [0.2, 0.25) is 0 Å². The number of carbonyl (C=O) groups is 3. The third kappa shape index (κ3) is 4.51. The molecule has 1 aliphatic heterocycles. The van der Waals surface area contributed by atoms with E-state index in [0.29, 0.717) is 31.4 Å². The zero-order valence-electron chi connectivity index (χ0n) is 15.4. The van der Waals surface area contributed by atoms with Crippen molar-refractivity contribution in [1.29, 1.82) is 0 Å². The first-order valence-corrected chi connectivity index (χ1v) is 9.87. The van der Waals surface area contributed by atoms with Gasteiger partial charge in [0.2, 0.25) is 5.91 Å². The largest absolute Gasteiger partial charge is 0.325 e. The van der Waals surface area contributed by atoms with E-state index < -0.39 is 16.7 Å². The average Bonchev–Trinajstić information content (AvgIpc) is 2.94. The smallest absolute Gasteiger partial charge is 0.282 e. The lowest BCUT2D eigenvalue weighted by atomic mass is 10.1. The van der Waals surface area contributed by atoms with Crippen LogP contribution in [0, 0.1) is 10.1 Å². The van der Waals surface area contributed by atoms with Gasteiger partial charge in [0.15, 0.2) is 0 Å². The molecule has 0 unspecified atom stereocenters. The Hall–Kier alpha value is -3.07. The Bertz CT molecular complexity index is 992. The first-order chi connectivity index (χ1) is 13.9. The van der Waals surface area contributed by atoms with Gasteiger partial charge in [-0.2, -0.15) is 0 Å². The Morgan fingerprint density at radius 1 is 1.03 bits per heavy atom. The molecule has 3 rings (SSSR count). The molecule has 0 saturated heterocycles. The molecule has 2 aromatic rings. The highest BCUT2D eigenvalue weighted by atomic mass is 79.9. The number of para-hydroxylation sites is 1. The van der Waals surface area contributed by atoms with Crippen LogP contribution in [0.3, 0.4) is 0 Å². The third-order valence-corrected chi connectivity index (χ3v) is 5.30. The molecule has 0 radical (unpaired) electrons. The maximum absolute atomic E-state index is 12.5. The summed E-state index contributed by atoms with van der Waals surface area (Å²) in [6, 6.07) is 11.4. The lowest BCUT2D eigenvalue weighted by molar-refractivity contribution is -0.385. The summed E-state index contributed by atoms with van der Waals surface area (Å²) in [5, 5.41) is 13.9. The summed E-state index contributed by atoms with van der Waals surface area (Å²) >= 11 is 3.37. The number of nitro benzene ring substituents is 1. The van der Waals surface area contributed by atoms with E-state index in [2.05, 4.69) is 21.2 Å². The topological polar surface area (TPSA) is 110 Å². The fraction of sp³-hybridized carbons (Fsp3) is 0.250. The van der Waals surface area contributed by atoms with Crippen molar-refractivity contribution in [1.82, 2.24) is 4.90 Å². The molecule has 8 nitrogen and oxygen atoms in total. The highest BCUT2D eigenvalue weighted by Crippen LogP contribution is 2.30. The second kappa shape index (κ2) is 8.95. The van der Waals surface area contributed by atoms with Gasteiger partial charge in [0.25, 0.3) is 17.5 Å². The van der Waals surface area contributed by atoms with E-state index in [1.54, 1.807) is 6.07 Å². The summed E-state index contributed by atoms with van der Waals surface area (Å²) in [7, 11) is 0. The van der Waals surface area contributed by atoms with Crippen molar-refractivity contribution < 1.29 is 19.3 Å². The monoisotopic (exact) mass is 459 g/mol. The normalized spacial score (nSPS) is 12.8. The number of anilines is 1. The van der Waals surface area contributed by atoms with Gasteiger partial charge in [-0.05, 0) is 47.0 Å². The minimum absolute atomic E-state index is 0.0667. The summed E-state index contributed by atoms with van der Waals surface area (Å²) in [6.45, 7) is 0.162. The Morgan fingerprint density at radius 2 is 1.79 bits per heavy atom. The highest BCUT2D eigenvalue weighted by Gasteiger charge is 2.40. The SMILES string of the molecule is O=C(CCCCCN1C(=O)c2cccc([N+](=O)[O-])c2C1=O)Nc1ccccc1Br. The Morgan fingerprint density at radius 3 is 2.52 bits per heavy atom. The summed E-state index contributed by atoms with van der Waals surface area (Å²) in [5.41, 5.74) is 0.268. The number of amides is 3. The number of nitrogens with zero attached hydrogens (tertiary/aromatic N) is 2. The molecule has 3 amide bonds. The van der Waals surface area contributed by atoms with Crippen LogP contribution in [0.4, 0.5) is 11.4 Å². The molecule has 1 N–H and O–H groups in total. The standard InChI is InChI=1S/C20H18BrN3O5/c21-14-8-3-4-9-15(14)22-17(25)11-2-1-5-12-23-19(26)13-7-6-10-16(24(28)29)18(13)20(23)27/h3-4,6-10H,1-2,5,11-12H2,(H,22,25). The number of hydrogen-bond acceptors (Lipinski definition) is 5. The van der Waals surface area contributed by atoms with Crippen molar-refractivity contribution in [3.05, 3.63) is 68.2 Å². The lowest BCUT2D eigenvalue weighted by Crippen LogP contribution is -2.30. The number of unbranched alkanes of at least 4 members (excludes halogenated alkanes) is 2. The van der Waals surface area contributed by atoms with Gasteiger partial charge in [0.05, 0.1) is 16.2 Å². The molecular formula is C20H18BrN3O5. The van der Waals surface area contributed by atoms with Gasteiger partial charge >= 0.3 is 0 Å². The molecule has 0 saturated carbocycles. The maximum atomic E-state index is 12.5. The maximum Gasteiger partial charge on any atom is 0.282 e. The molecule has 29 heavy (non-hydrogen) atoms. The first-order valence-electron chi connectivity index (χ1n) is 9.08. The second-order valence-corrected chi connectivity index (χ2v) is 7.41. The summed E-state index contributed by atoms with van der Waals surface area (Å²) < 4.78 is 0.799. The van der Waals surface area contributed by atoms with Gasteiger partial charge < -0.3 is 5.32 Å². The number of nitro groups is 1. The quantitative estimate of drug-likeness (QED) is 0.276. The summed E-state index contributed by atoms with van der Waals surface area (Å²) in [6.07, 6.45) is 2.06. The van der Waals surface area contributed by atoms with Crippen molar-refractivity contribution >= 4 is 45.0 Å². The molecule has 0 spiro atoms. The molecule has 0 bridgehead atoms. The molecule has 1 aliphatic rings. The predicted octanol–water partition coefficient (Wildman–Crippen LogP) is 4.15. The molecule has 0 fully saturated rings. The molecule has 9 heteroatoms. The Balaban J connectivity index is 1.48. The number of rotatable bonds is 8. The number of benzene rings is 2. The molecule has 0 aliphatic carbocycles. The van der Waals surface area contributed by atoms with Crippen molar-refractivity contribution in [3.8, 4) is 0 Å². The first kappa shape index (κ1) is 20.7. The van der Waals surface area contributed by atoms with Crippen LogP contribution in [0.1, 0.15) is 46.4 Å². The zero-order valence-corrected chi connectivity index (χ0v) is 17.0. The number of imide groups is 1. The van der Waals surface area contributed by atoms with E-state index in [1.165, 1.54) is 18.2 Å². The fourth-order valence-corrected chi connectivity index (χ4v) is 3.56. The van der Waals surface area contributed by atoms with E-state index in [1.807, 2.05) is 18.2 Å². The van der Waals surface area contributed by atoms with E-state index in [9.17, 15) is 24.5 Å². The second-order valence-electron chi connectivity index (χ2n) is 6.56. The molecular weight excluding hydrogens is 442 g/mol. The van der Waals surface area contributed by atoms with E-state index in [-0.39, 0.29) is 29.3 Å². The zero-order chi connectivity index (χ0) is 21.0. The molecule has 0 aromatic heterocycles. The van der Waals surface area contributed by atoms with Gasteiger partial charge in [-0.15, -0.1) is 0 Å². The summed E-state index contributed by atoms with van der Waals surface area (Å²) in [4.78, 5) is 48.4. The molecule has 2 aromatic carbocycles. The van der Waals surface area contributed by atoms with Crippen LogP contribution in [0.5, 0.6) is 0 Å². The van der Waals surface area contributed by atoms with Gasteiger partial charge in [0, 0.05) is 23.5 Å². The summed E-state index contributed by atoms with van der Waals surface area (Å²) in [5.74, 6) is -1.27. The van der Waals surface area contributed by atoms with Crippen molar-refractivity contribution in [2.45, 2.75) is 25.7 Å². The van der Waals surface area contributed by atoms with Gasteiger partial charge in [-0.25, -0.2) is 0 Å². The van der Waals surface area contributed by atoms with E-state index in [4.69, 9.17) is 0 Å². The van der Waals surface area contributed by atoms with Crippen LogP contribution in [-0.2, 0) is 4.79 Å². The van der Waals surface area contributed by atoms with Crippen molar-refractivity contribution in [3.63, 3.8) is 0 Å². The lowest BCUT2D eigenvalue weighted by Gasteiger charge is -2.13. The minimum atomic E-state index is -0.656. The molecule has 150 valence electrons. The number of halogens is 1. The van der Waals surface area contributed by atoms with Crippen LogP contribution in [0.15, 0.2) is 46.9 Å². The number of hydrogen-bond donors (Lipinski definition) is 1. The van der Waals surface area contributed by atoms with E-state index in [0.717, 1.165) is 9.37 Å². The fourth-order valence-electron chi connectivity index (χ4n) is 3.18. The number of nitrogens with one attached hydrogen (secondary N) is 1. The Kier molecular flexibility index (Phi) is 6.38. The number of carbonyl (C=O) groups excluding carboxylic acids is 3. The van der Waals surface area contributed by atoms with Crippen LogP contribution >= 0.6 is 15.9 Å². The third-order valence-electron chi connectivity index (χ3n) is 4.61. The van der Waals surface area contributed by atoms with E-state index >= 15 is 0 Å². The van der Waals surface area contributed by atoms with Crippen LogP contribution in [0.25, 0.3) is 0 Å². The highest BCUT2D eigenvalue weighted by molar-refractivity contribution is 9.10.